The second-order valence-electron chi connectivity index (χ2n) is 7.00. The number of carbonyl (C=O) groups excluding carboxylic acids is 1. The van der Waals surface area contributed by atoms with Gasteiger partial charge in [-0.1, -0.05) is 47.8 Å². The summed E-state index contributed by atoms with van der Waals surface area (Å²) in [6.45, 7) is 2.20. The maximum atomic E-state index is 12.3. The van der Waals surface area contributed by atoms with Gasteiger partial charge in [-0.25, -0.2) is 13.4 Å². The molecule has 0 spiro atoms. The first kappa shape index (κ1) is 20.5. The topological polar surface area (TPSA) is 76.1 Å². The first-order valence-electron chi connectivity index (χ1n) is 9.08. The number of carbonyl (C=O) groups is 1. The van der Waals surface area contributed by atoms with Crippen molar-refractivity contribution in [3.8, 4) is 0 Å². The van der Waals surface area contributed by atoms with Gasteiger partial charge in [0.25, 0.3) is 0 Å². The van der Waals surface area contributed by atoms with E-state index in [-0.39, 0.29) is 5.75 Å². The molecule has 1 amide bonds. The Hall–Kier alpha value is -1.25. The Bertz CT molecular complexity index is 925. The van der Waals surface area contributed by atoms with Crippen LogP contribution in [0.15, 0.2) is 28.7 Å². The Balaban J connectivity index is 1.59. The monoisotopic (exact) mass is 470 g/mol. The Morgan fingerprint density at radius 1 is 1.41 bits per heavy atom. The molecule has 8 heteroatoms. The number of nitrogens with one attached hydrogen (secondary N) is 1. The summed E-state index contributed by atoms with van der Waals surface area (Å²) < 4.78 is 25.5. The highest BCUT2D eigenvalue weighted by molar-refractivity contribution is 9.10. The standard InChI is InChI=1S/C19H23BrN2O3S2/c1-2-4-13-7-8-16-17(10-13)26-19(21-16)22-18(23)12-27(24,25)11-14-5-3-6-15(20)9-14/h3,5-6,9,13H,2,4,7-8,10-12H2,1H3,(H,21,22,23). The zero-order chi connectivity index (χ0) is 19.4. The van der Waals surface area contributed by atoms with Crippen LogP contribution in [0, 0.1) is 5.92 Å². The van der Waals surface area contributed by atoms with Crippen molar-refractivity contribution >= 4 is 48.1 Å². The molecule has 0 aliphatic heterocycles. The van der Waals surface area contributed by atoms with Crippen molar-refractivity contribution in [3.05, 3.63) is 44.9 Å². The first-order chi connectivity index (χ1) is 12.8. The summed E-state index contributed by atoms with van der Waals surface area (Å²) in [6, 6.07) is 7.10. The smallest absolute Gasteiger partial charge is 0.241 e. The number of thiazole rings is 1. The summed E-state index contributed by atoms with van der Waals surface area (Å²) >= 11 is 4.81. The molecular weight excluding hydrogens is 448 g/mol. The van der Waals surface area contributed by atoms with E-state index in [4.69, 9.17) is 0 Å². The van der Waals surface area contributed by atoms with E-state index in [0.717, 1.165) is 29.4 Å². The number of rotatable bonds is 7. The number of amides is 1. The van der Waals surface area contributed by atoms with E-state index in [9.17, 15) is 13.2 Å². The third-order valence-corrected chi connectivity index (χ3v) is 7.62. The van der Waals surface area contributed by atoms with Crippen molar-refractivity contribution in [1.82, 2.24) is 4.98 Å². The molecule has 0 radical (unpaired) electrons. The Kier molecular flexibility index (Phi) is 6.70. The molecule has 146 valence electrons. The predicted octanol–water partition coefficient (Wildman–Crippen LogP) is 4.36. The highest BCUT2D eigenvalue weighted by atomic mass is 79.9. The zero-order valence-electron chi connectivity index (χ0n) is 15.2. The lowest BCUT2D eigenvalue weighted by Gasteiger charge is -2.19. The average molecular weight is 471 g/mol. The zero-order valence-corrected chi connectivity index (χ0v) is 18.4. The van der Waals surface area contributed by atoms with E-state index in [1.54, 1.807) is 18.2 Å². The summed E-state index contributed by atoms with van der Waals surface area (Å²) in [5.41, 5.74) is 1.71. The third kappa shape index (κ3) is 5.86. The molecule has 27 heavy (non-hydrogen) atoms. The number of aromatic nitrogens is 1. The minimum atomic E-state index is -3.54. The lowest BCUT2D eigenvalue weighted by atomic mass is 9.88. The van der Waals surface area contributed by atoms with Crippen molar-refractivity contribution in [3.63, 3.8) is 0 Å². The number of aryl methyl sites for hydroxylation is 1. The van der Waals surface area contributed by atoms with Crippen LogP contribution in [0.3, 0.4) is 0 Å². The molecule has 1 N–H and O–H groups in total. The third-order valence-electron chi connectivity index (χ3n) is 4.61. The first-order valence-corrected chi connectivity index (χ1v) is 12.5. The number of fused-ring (bicyclic) bond motifs is 1. The van der Waals surface area contributed by atoms with Crippen LogP contribution in [-0.4, -0.2) is 25.1 Å². The number of nitrogens with zero attached hydrogens (tertiary/aromatic N) is 1. The number of benzene rings is 1. The summed E-state index contributed by atoms with van der Waals surface area (Å²) in [5, 5.41) is 3.19. The molecule has 0 bridgehead atoms. The maximum Gasteiger partial charge on any atom is 0.241 e. The van der Waals surface area contributed by atoms with Gasteiger partial charge in [0.1, 0.15) is 5.75 Å². The van der Waals surface area contributed by atoms with E-state index < -0.39 is 21.5 Å². The van der Waals surface area contributed by atoms with Gasteiger partial charge in [-0.2, -0.15) is 0 Å². The van der Waals surface area contributed by atoms with Gasteiger partial charge in [0, 0.05) is 9.35 Å². The minimum Gasteiger partial charge on any atom is -0.301 e. The van der Waals surface area contributed by atoms with Crippen LogP contribution < -0.4 is 5.32 Å². The van der Waals surface area contributed by atoms with Gasteiger partial charge in [0.15, 0.2) is 15.0 Å². The molecular formula is C19H23BrN2O3S2. The Morgan fingerprint density at radius 3 is 2.96 bits per heavy atom. The number of hydrogen-bond acceptors (Lipinski definition) is 5. The van der Waals surface area contributed by atoms with Crippen LogP contribution in [-0.2, 0) is 33.2 Å². The van der Waals surface area contributed by atoms with Crippen LogP contribution in [0.1, 0.15) is 42.3 Å². The van der Waals surface area contributed by atoms with Gasteiger partial charge in [0.05, 0.1) is 11.4 Å². The van der Waals surface area contributed by atoms with Crippen molar-refractivity contribution < 1.29 is 13.2 Å². The highest BCUT2D eigenvalue weighted by Gasteiger charge is 2.24. The lowest BCUT2D eigenvalue weighted by molar-refractivity contribution is -0.113. The fourth-order valence-corrected chi connectivity index (χ4v) is 6.28. The fraction of sp³-hybridized carbons (Fsp3) is 0.474. The molecule has 1 aromatic heterocycles. The summed E-state index contributed by atoms with van der Waals surface area (Å²) in [6.07, 6.45) is 5.48. The van der Waals surface area contributed by atoms with E-state index in [1.165, 1.54) is 29.1 Å². The molecule has 0 fully saturated rings. The van der Waals surface area contributed by atoms with Gasteiger partial charge in [0.2, 0.25) is 5.91 Å². The second-order valence-corrected chi connectivity index (χ2v) is 11.1. The molecule has 1 heterocycles. The van der Waals surface area contributed by atoms with Crippen molar-refractivity contribution in [2.24, 2.45) is 5.92 Å². The van der Waals surface area contributed by atoms with E-state index in [1.807, 2.05) is 6.07 Å². The molecule has 0 saturated carbocycles. The normalized spacial score (nSPS) is 16.7. The predicted molar refractivity (Wildman–Crippen MR) is 113 cm³/mol. The summed E-state index contributed by atoms with van der Waals surface area (Å²) in [7, 11) is -3.54. The summed E-state index contributed by atoms with van der Waals surface area (Å²) in [4.78, 5) is 18.0. The van der Waals surface area contributed by atoms with E-state index in [2.05, 4.69) is 33.2 Å². The maximum absolute atomic E-state index is 12.3. The van der Waals surface area contributed by atoms with Crippen LogP contribution in [0.4, 0.5) is 5.13 Å². The van der Waals surface area contributed by atoms with Crippen LogP contribution >= 0.6 is 27.3 Å². The molecule has 5 nitrogen and oxygen atoms in total. The Labute approximate surface area is 172 Å². The van der Waals surface area contributed by atoms with Gasteiger partial charge < -0.3 is 5.32 Å². The number of hydrogen-bond donors (Lipinski definition) is 1. The number of anilines is 1. The van der Waals surface area contributed by atoms with Crippen LogP contribution in [0.25, 0.3) is 0 Å². The van der Waals surface area contributed by atoms with E-state index >= 15 is 0 Å². The average Bonchev–Trinajstić information content (AvgIpc) is 2.95. The van der Waals surface area contributed by atoms with E-state index in [0.29, 0.717) is 16.6 Å². The van der Waals surface area contributed by atoms with Gasteiger partial charge >= 0.3 is 0 Å². The SMILES string of the molecule is CCCC1CCc2nc(NC(=O)CS(=O)(=O)Cc3cccc(Br)c3)sc2C1. The highest BCUT2D eigenvalue weighted by Crippen LogP contribution is 2.34. The molecule has 1 unspecified atom stereocenters. The number of sulfone groups is 1. The van der Waals surface area contributed by atoms with Crippen LogP contribution in [0.5, 0.6) is 0 Å². The number of halogens is 1. The lowest BCUT2D eigenvalue weighted by Crippen LogP contribution is -2.23. The van der Waals surface area contributed by atoms with Crippen molar-refractivity contribution in [1.29, 1.82) is 0 Å². The molecule has 3 rings (SSSR count). The molecule has 1 aliphatic rings. The summed E-state index contributed by atoms with van der Waals surface area (Å²) in [5.74, 6) is -0.534. The molecule has 1 aromatic carbocycles. The minimum absolute atomic E-state index is 0.160. The second kappa shape index (κ2) is 8.84. The molecule has 2 aromatic rings. The largest absolute Gasteiger partial charge is 0.301 e. The van der Waals surface area contributed by atoms with Crippen LogP contribution in [0.2, 0.25) is 0 Å². The van der Waals surface area contributed by atoms with Gasteiger partial charge in [-0.05, 0) is 42.9 Å². The van der Waals surface area contributed by atoms with Crippen molar-refractivity contribution in [2.45, 2.75) is 44.8 Å². The fourth-order valence-electron chi connectivity index (χ4n) is 3.44. The quantitative estimate of drug-likeness (QED) is 0.651. The molecule has 0 saturated heterocycles. The molecule has 1 aliphatic carbocycles. The van der Waals surface area contributed by atoms with Crippen molar-refractivity contribution in [2.75, 3.05) is 11.1 Å². The van der Waals surface area contributed by atoms with Gasteiger partial charge in [-0.15, -0.1) is 11.3 Å². The molecule has 1 atom stereocenters. The van der Waals surface area contributed by atoms with Gasteiger partial charge in [-0.3, -0.25) is 4.79 Å². The Morgan fingerprint density at radius 2 is 2.22 bits per heavy atom.